The number of carboxylic acids is 1. The van der Waals surface area contributed by atoms with Gasteiger partial charge in [-0.1, -0.05) is 50.3 Å². The summed E-state index contributed by atoms with van der Waals surface area (Å²) in [4.78, 5) is 36.1. The molecule has 1 aromatic carbocycles. The van der Waals surface area contributed by atoms with E-state index in [1.807, 2.05) is 13.8 Å². The first-order valence-electron chi connectivity index (χ1n) is 8.33. The lowest BCUT2D eigenvalue weighted by atomic mass is 10.0. The van der Waals surface area contributed by atoms with Gasteiger partial charge in [0.15, 0.2) is 0 Å². The molecule has 0 heterocycles. The van der Waals surface area contributed by atoms with Crippen molar-refractivity contribution in [2.45, 2.75) is 45.2 Å². The standard InChI is InChI=1S/C19H26N2O4/c1-4-5-11-15(19(24)25)20-18(23)17(14-9-7-6-8-10-14)21-16(22)12-13(2)3/h4,6-10,13,15,17H,1,5,11-12H2,2-3H3,(H,20,23)(H,21,22)(H,24,25). The second kappa shape index (κ2) is 10.3. The van der Waals surface area contributed by atoms with E-state index in [0.29, 0.717) is 12.0 Å². The SMILES string of the molecule is C=CCCC(NC(=O)C(NC(=O)CC(C)C)c1ccccc1)C(=O)O. The van der Waals surface area contributed by atoms with E-state index in [1.54, 1.807) is 36.4 Å². The summed E-state index contributed by atoms with van der Waals surface area (Å²) in [6.45, 7) is 7.38. The second-order valence-corrected chi connectivity index (χ2v) is 6.27. The molecule has 1 rings (SSSR count). The van der Waals surface area contributed by atoms with Crippen molar-refractivity contribution < 1.29 is 19.5 Å². The lowest BCUT2D eigenvalue weighted by Gasteiger charge is -2.22. The van der Waals surface area contributed by atoms with Crippen LogP contribution in [-0.4, -0.2) is 28.9 Å². The van der Waals surface area contributed by atoms with E-state index < -0.39 is 24.0 Å². The summed E-state index contributed by atoms with van der Waals surface area (Å²) < 4.78 is 0. The Morgan fingerprint density at radius 3 is 2.32 bits per heavy atom. The molecule has 0 spiro atoms. The molecule has 6 nitrogen and oxygen atoms in total. The molecule has 2 atom stereocenters. The molecule has 3 N–H and O–H groups in total. The molecule has 2 unspecified atom stereocenters. The fraction of sp³-hybridized carbons (Fsp3) is 0.421. The van der Waals surface area contributed by atoms with Gasteiger partial charge in [0.1, 0.15) is 12.1 Å². The molecule has 0 aliphatic heterocycles. The molecule has 0 fully saturated rings. The lowest BCUT2D eigenvalue weighted by molar-refractivity contribution is -0.142. The van der Waals surface area contributed by atoms with Gasteiger partial charge in [0.05, 0.1) is 0 Å². The van der Waals surface area contributed by atoms with Crippen LogP contribution < -0.4 is 10.6 Å². The number of carbonyl (C=O) groups excluding carboxylic acids is 2. The van der Waals surface area contributed by atoms with Crippen LogP contribution in [0.4, 0.5) is 0 Å². The number of amides is 2. The van der Waals surface area contributed by atoms with Crippen LogP contribution in [0.5, 0.6) is 0 Å². The Balaban J connectivity index is 2.93. The zero-order valence-electron chi connectivity index (χ0n) is 14.7. The van der Waals surface area contributed by atoms with Crippen molar-refractivity contribution in [3.05, 3.63) is 48.6 Å². The van der Waals surface area contributed by atoms with Crippen LogP contribution in [0.2, 0.25) is 0 Å². The van der Waals surface area contributed by atoms with Gasteiger partial charge in [-0.15, -0.1) is 6.58 Å². The zero-order valence-corrected chi connectivity index (χ0v) is 14.7. The van der Waals surface area contributed by atoms with E-state index in [1.165, 1.54) is 0 Å². The number of hydrogen-bond donors (Lipinski definition) is 3. The molecule has 25 heavy (non-hydrogen) atoms. The fourth-order valence-electron chi connectivity index (χ4n) is 2.33. The molecule has 136 valence electrons. The van der Waals surface area contributed by atoms with E-state index in [9.17, 15) is 19.5 Å². The molecule has 0 aliphatic carbocycles. The molecule has 0 aliphatic rings. The van der Waals surface area contributed by atoms with Crippen LogP contribution in [-0.2, 0) is 14.4 Å². The predicted molar refractivity (Wildman–Crippen MR) is 95.8 cm³/mol. The quantitative estimate of drug-likeness (QED) is 0.567. The topological polar surface area (TPSA) is 95.5 Å². The number of carboxylic acid groups (broad SMARTS) is 1. The van der Waals surface area contributed by atoms with Crippen LogP contribution in [0.3, 0.4) is 0 Å². The lowest BCUT2D eigenvalue weighted by Crippen LogP contribution is -2.47. The summed E-state index contributed by atoms with van der Waals surface area (Å²) in [7, 11) is 0. The number of rotatable bonds is 10. The van der Waals surface area contributed by atoms with Crippen molar-refractivity contribution in [2.24, 2.45) is 5.92 Å². The Morgan fingerprint density at radius 2 is 1.80 bits per heavy atom. The number of benzene rings is 1. The number of allylic oxidation sites excluding steroid dienone is 1. The molecular formula is C19H26N2O4. The third-order valence-corrected chi connectivity index (χ3v) is 3.57. The minimum atomic E-state index is -1.12. The van der Waals surface area contributed by atoms with E-state index in [-0.39, 0.29) is 24.7 Å². The summed E-state index contributed by atoms with van der Waals surface area (Å²) in [5.74, 6) is -1.76. The van der Waals surface area contributed by atoms with Gasteiger partial charge in [0, 0.05) is 6.42 Å². The van der Waals surface area contributed by atoms with Gasteiger partial charge in [-0.2, -0.15) is 0 Å². The second-order valence-electron chi connectivity index (χ2n) is 6.27. The van der Waals surface area contributed by atoms with Crippen LogP contribution in [0.15, 0.2) is 43.0 Å². The number of nitrogens with one attached hydrogen (secondary N) is 2. The highest BCUT2D eigenvalue weighted by Crippen LogP contribution is 2.15. The number of hydrogen-bond acceptors (Lipinski definition) is 3. The molecule has 0 saturated carbocycles. The third-order valence-electron chi connectivity index (χ3n) is 3.57. The monoisotopic (exact) mass is 346 g/mol. The molecule has 2 amide bonds. The van der Waals surface area contributed by atoms with Crippen LogP contribution in [0.25, 0.3) is 0 Å². The number of carbonyl (C=O) groups is 3. The van der Waals surface area contributed by atoms with E-state index in [2.05, 4.69) is 17.2 Å². The average molecular weight is 346 g/mol. The van der Waals surface area contributed by atoms with Gasteiger partial charge in [0.25, 0.3) is 0 Å². The van der Waals surface area contributed by atoms with Crippen LogP contribution >= 0.6 is 0 Å². The molecule has 0 bridgehead atoms. The largest absolute Gasteiger partial charge is 0.480 e. The highest BCUT2D eigenvalue weighted by atomic mass is 16.4. The summed E-state index contributed by atoms with van der Waals surface area (Å²) in [6, 6.07) is 6.81. The first kappa shape index (κ1) is 20.4. The molecule has 1 aromatic rings. The number of aliphatic carboxylic acids is 1. The van der Waals surface area contributed by atoms with E-state index in [4.69, 9.17) is 0 Å². The van der Waals surface area contributed by atoms with Gasteiger partial charge in [-0.3, -0.25) is 9.59 Å². The molecule has 0 saturated heterocycles. The maximum absolute atomic E-state index is 12.6. The average Bonchev–Trinajstić information content (AvgIpc) is 2.56. The highest BCUT2D eigenvalue weighted by Gasteiger charge is 2.27. The Hall–Kier alpha value is -2.63. The Labute approximate surface area is 148 Å². The van der Waals surface area contributed by atoms with Gasteiger partial charge < -0.3 is 15.7 Å². The molecular weight excluding hydrogens is 320 g/mol. The molecule has 6 heteroatoms. The maximum Gasteiger partial charge on any atom is 0.326 e. The normalized spacial score (nSPS) is 12.9. The van der Waals surface area contributed by atoms with Gasteiger partial charge in [-0.25, -0.2) is 4.79 Å². The van der Waals surface area contributed by atoms with Gasteiger partial charge >= 0.3 is 5.97 Å². The molecule has 0 aromatic heterocycles. The Kier molecular flexibility index (Phi) is 8.39. The van der Waals surface area contributed by atoms with Crippen LogP contribution in [0, 0.1) is 5.92 Å². The van der Waals surface area contributed by atoms with Gasteiger partial charge in [-0.05, 0) is 24.3 Å². The minimum absolute atomic E-state index is 0.152. The predicted octanol–water partition coefficient (Wildman–Crippen LogP) is 2.43. The van der Waals surface area contributed by atoms with Crippen molar-refractivity contribution in [3.63, 3.8) is 0 Å². The Morgan fingerprint density at radius 1 is 1.16 bits per heavy atom. The maximum atomic E-state index is 12.6. The van der Waals surface area contributed by atoms with Crippen molar-refractivity contribution in [2.75, 3.05) is 0 Å². The zero-order chi connectivity index (χ0) is 18.8. The summed E-state index contributed by atoms with van der Waals surface area (Å²) in [5.41, 5.74) is 0.602. The first-order chi connectivity index (χ1) is 11.8. The van der Waals surface area contributed by atoms with Crippen molar-refractivity contribution in [1.82, 2.24) is 10.6 Å². The summed E-state index contributed by atoms with van der Waals surface area (Å²) in [6.07, 6.45) is 2.59. The molecule has 0 radical (unpaired) electrons. The van der Waals surface area contributed by atoms with Crippen molar-refractivity contribution >= 4 is 17.8 Å². The van der Waals surface area contributed by atoms with Crippen molar-refractivity contribution in [1.29, 1.82) is 0 Å². The first-order valence-corrected chi connectivity index (χ1v) is 8.33. The Bertz CT molecular complexity index is 599. The summed E-state index contributed by atoms with van der Waals surface area (Å²) in [5, 5.41) is 14.5. The smallest absolute Gasteiger partial charge is 0.326 e. The summed E-state index contributed by atoms with van der Waals surface area (Å²) >= 11 is 0. The van der Waals surface area contributed by atoms with E-state index >= 15 is 0 Å². The van der Waals surface area contributed by atoms with E-state index in [0.717, 1.165) is 0 Å². The van der Waals surface area contributed by atoms with Crippen LogP contribution in [0.1, 0.15) is 44.7 Å². The van der Waals surface area contributed by atoms with Gasteiger partial charge in [0.2, 0.25) is 11.8 Å². The minimum Gasteiger partial charge on any atom is -0.480 e. The van der Waals surface area contributed by atoms with Crippen molar-refractivity contribution in [3.8, 4) is 0 Å². The third kappa shape index (κ3) is 7.20. The fourth-order valence-corrected chi connectivity index (χ4v) is 2.33. The highest BCUT2D eigenvalue weighted by molar-refractivity contribution is 5.91.